The van der Waals surface area contributed by atoms with Gasteiger partial charge in [-0.3, -0.25) is 4.90 Å². The molecule has 2 heteroatoms. The summed E-state index contributed by atoms with van der Waals surface area (Å²) in [5.74, 6) is 0. The van der Waals surface area contributed by atoms with Gasteiger partial charge < -0.3 is 5.73 Å². The highest BCUT2D eigenvalue weighted by Gasteiger charge is 2.31. The third-order valence-electron chi connectivity index (χ3n) is 3.25. The van der Waals surface area contributed by atoms with Crippen molar-refractivity contribution in [2.24, 2.45) is 5.73 Å². The van der Waals surface area contributed by atoms with E-state index in [4.69, 9.17) is 5.73 Å². The maximum Gasteiger partial charge on any atom is 0.0283 e. The first-order valence-corrected chi connectivity index (χ1v) is 5.60. The van der Waals surface area contributed by atoms with Gasteiger partial charge in [0, 0.05) is 18.1 Å². The van der Waals surface area contributed by atoms with Crippen LogP contribution in [-0.2, 0) is 0 Å². The van der Waals surface area contributed by atoms with E-state index in [9.17, 15) is 0 Å². The summed E-state index contributed by atoms with van der Waals surface area (Å²) >= 11 is 0. The number of hydrogen-bond acceptors (Lipinski definition) is 2. The molecule has 78 valence electrons. The van der Waals surface area contributed by atoms with Crippen LogP contribution in [0.25, 0.3) is 0 Å². The zero-order valence-corrected chi connectivity index (χ0v) is 9.34. The molecule has 0 atom stereocenters. The smallest absolute Gasteiger partial charge is 0.0283 e. The lowest BCUT2D eigenvalue weighted by atomic mass is 9.98. The van der Waals surface area contributed by atoms with Crippen molar-refractivity contribution in [1.82, 2.24) is 4.90 Å². The fourth-order valence-corrected chi connectivity index (χ4v) is 2.30. The first-order valence-electron chi connectivity index (χ1n) is 5.60. The molecule has 2 nitrogen and oxygen atoms in total. The van der Waals surface area contributed by atoms with Gasteiger partial charge in [0.2, 0.25) is 0 Å². The molecule has 0 aromatic heterocycles. The van der Waals surface area contributed by atoms with Crippen molar-refractivity contribution in [2.75, 3.05) is 13.1 Å². The lowest BCUT2D eigenvalue weighted by molar-refractivity contribution is 0.179. The van der Waals surface area contributed by atoms with Crippen LogP contribution in [0, 0.1) is 0 Å². The van der Waals surface area contributed by atoms with E-state index in [1.807, 2.05) is 0 Å². The Morgan fingerprint density at radius 1 is 1.31 bits per heavy atom. The molecule has 13 heavy (non-hydrogen) atoms. The highest BCUT2D eigenvalue weighted by atomic mass is 15.2. The summed E-state index contributed by atoms with van der Waals surface area (Å²) in [5.41, 5.74) is 6.46. The van der Waals surface area contributed by atoms with E-state index in [1.165, 1.54) is 25.7 Å². The van der Waals surface area contributed by atoms with Crippen LogP contribution in [0.2, 0.25) is 0 Å². The van der Waals surface area contributed by atoms with Gasteiger partial charge in [-0.25, -0.2) is 0 Å². The van der Waals surface area contributed by atoms with E-state index in [2.05, 4.69) is 25.7 Å². The van der Waals surface area contributed by atoms with Crippen LogP contribution >= 0.6 is 0 Å². The van der Waals surface area contributed by atoms with Crippen molar-refractivity contribution >= 4 is 0 Å². The van der Waals surface area contributed by atoms with E-state index in [0.717, 1.165) is 13.1 Å². The van der Waals surface area contributed by atoms with Crippen molar-refractivity contribution in [2.45, 2.75) is 58.0 Å². The molecule has 0 saturated heterocycles. The Balaban J connectivity index is 2.44. The maximum absolute atomic E-state index is 6.33. The highest BCUT2D eigenvalue weighted by molar-refractivity contribution is 4.92. The van der Waals surface area contributed by atoms with Gasteiger partial charge in [0.15, 0.2) is 0 Å². The minimum atomic E-state index is 0.125. The van der Waals surface area contributed by atoms with Crippen molar-refractivity contribution in [1.29, 1.82) is 0 Å². The van der Waals surface area contributed by atoms with Crippen LogP contribution in [-0.4, -0.2) is 29.6 Å². The lowest BCUT2D eigenvalue weighted by Crippen LogP contribution is -2.50. The summed E-state index contributed by atoms with van der Waals surface area (Å²) in [6.07, 6.45) is 5.09. The zero-order valence-electron chi connectivity index (χ0n) is 9.34. The van der Waals surface area contributed by atoms with Crippen molar-refractivity contribution in [3.63, 3.8) is 0 Å². The number of nitrogens with two attached hydrogens (primary N) is 1. The number of nitrogens with zero attached hydrogens (tertiary/aromatic N) is 1. The molecule has 1 rings (SSSR count). The van der Waals surface area contributed by atoms with Gasteiger partial charge in [-0.05, 0) is 33.2 Å². The summed E-state index contributed by atoms with van der Waals surface area (Å²) in [4.78, 5) is 2.48. The first kappa shape index (κ1) is 11.0. The predicted octanol–water partition coefficient (Wildman–Crippen LogP) is 1.99. The van der Waals surface area contributed by atoms with Gasteiger partial charge in [-0.2, -0.15) is 0 Å². The average Bonchev–Trinajstić information content (AvgIpc) is 2.48. The minimum Gasteiger partial charge on any atom is -0.324 e. The second-order valence-corrected chi connectivity index (χ2v) is 4.73. The molecular formula is C11H24N2. The molecule has 2 N–H and O–H groups in total. The quantitative estimate of drug-likeness (QED) is 0.724. The SMILES string of the molecule is CCN(CC1(N)CCCC1)C(C)C. The Morgan fingerprint density at radius 2 is 1.85 bits per heavy atom. The van der Waals surface area contributed by atoms with Crippen LogP contribution in [0.1, 0.15) is 46.5 Å². The lowest BCUT2D eigenvalue weighted by Gasteiger charge is -2.34. The summed E-state index contributed by atoms with van der Waals surface area (Å²) < 4.78 is 0. The standard InChI is InChI=1S/C11H24N2/c1-4-13(10(2)3)9-11(12)7-5-6-8-11/h10H,4-9,12H2,1-3H3. The van der Waals surface area contributed by atoms with Crippen LogP contribution < -0.4 is 5.73 Å². The molecular weight excluding hydrogens is 160 g/mol. The summed E-state index contributed by atoms with van der Waals surface area (Å²) in [6, 6.07) is 0.631. The molecule has 1 aliphatic carbocycles. The second-order valence-electron chi connectivity index (χ2n) is 4.73. The summed E-state index contributed by atoms with van der Waals surface area (Å²) in [5, 5.41) is 0. The van der Waals surface area contributed by atoms with Crippen LogP contribution in [0.3, 0.4) is 0 Å². The minimum absolute atomic E-state index is 0.125. The molecule has 0 amide bonds. The Morgan fingerprint density at radius 3 is 2.23 bits per heavy atom. The predicted molar refractivity (Wildman–Crippen MR) is 57.8 cm³/mol. The van der Waals surface area contributed by atoms with Crippen LogP contribution in [0.15, 0.2) is 0 Å². The number of rotatable bonds is 4. The van der Waals surface area contributed by atoms with Crippen LogP contribution in [0.4, 0.5) is 0 Å². The molecule has 1 aliphatic rings. The third-order valence-corrected chi connectivity index (χ3v) is 3.25. The summed E-state index contributed by atoms with van der Waals surface area (Å²) in [7, 11) is 0. The number of hydrogen-bond donors (Lipinski definition) is 1. The fraction of sp³-hybridized carbons (Fsp3) is 1.00. The van der Waals surface area contributed by atoms with Gasteiger partial charge in [-0.15, -0.1) is 0 Å². The molecule has 0 radical (unpaired) electrons. The molecule has 0 bridgehead atoms. The largest absolute Gasteiger partial charge is 0.324 e. The average molecular weight is 184 g/mol. The Bertz CT molecular complexity index is 148. The van der Waals surface area contributed by atoms with Gasteiger partial charge in [0.25, 0.3) is 0 Å². The second kappa shape index (κ2) is 4.43. The fourth-order valence-electron chi connectivity index (χ4n) is 2.30. The van der Waals surface area contributed by atoms with E-state index < -0.39 is 0 Å². The molecule has 0 aliphatic heterocycles. The molecule has 1 fully saturated rings. The van der Waals surface area contributed by atoms with Gasteiger partial charge >= 0.3 is 0 Å². The van der Waals surface area contributed by atoms with Crippen molar-refractivity contribution in [3.8, 4) is 0 Å². The van der Waals surface area contributed by atoms with Gasteiger partial charge in [0.05, 0.1) is 0 Å². The third kappa shape index (κ3) is 2.96. The molecule has 0 unspecified atom stereocenters. The van der Waals surface area contributed by atoms with E-state index >= 15 is 0 Å². The normalized spacial score (nSPS) is 21.7. The monoisotopic (exact) mass is 184 g/mol. The molecule has 0 spiro atoms. The van der Waals surface area contributed by atoms with Crippen molar-refractivity contribution in [3.05, 3.63) is 0 Å². The van der Waals surface area contributed by atoms with E-state index in [0.29, 0.717) is 6.04 Å². The molecule has 0 aromatic rings. The zero-order chi connectivity index (χ0) is 9.90. The van der Waals surface area contributed by atoms with Crippen LogP contribution in [0.5, 0.6) is 0 Å². The molecule has 1 saturated carbocycles. The highest BCUT2D eigenvalue weighted by Crippen LogP contribution is 2.28. The summed E-state index contributed by atoms with van der Waals surface area (Å²) in [6.45, 7) is 8.93. The van der Waals surface area contributed by atoms with Gasteiger partial charge in [0.1, 0.15) is 0 Å². The van der Waals surface area contributed by atoms with E-state index in [-0.39, 0.29) is 5.54 Å². The maximum atomic E-state index is 6.33. The number of likely N-dealkylation sites (N-methyl/N-ethyl adjacent to an activating group) is 1. The van der Waals surface area contributed by atoms with E-state index in [1.54, 1.807) is 0 Å². The molecule has 0 aromatic carbocycles. The van der Waals surface area contributed by atoms with Gasteiger partial charge in [-0.1, -0.05) is 19.8 Å². The Labute approximate surface area is 82.5 Å². The topological polar surface area (TPSA) is 29.3 Å². The molecule has 0 heterocycles. The Hall–Kier alpha value is -0.0800. The van der Waals surface area contributed by atoms with Crippen molar-refractivity contribution < 1.29 is 0 Å². The first-order chi connectivity index (χ1) is 6.07. The Kier molecular flexibility index (Phi) is 3.74.